The van der Waals surface area contributed by atoms with Gasteiger partial charge in [0.15, 0.2) is 0 Å². The third-order valence-corrected chi connectivity index (χ3v) is 7.40. The van der Waals surface area contributed by atoms with E-state index in [9.17, 15) is 27.6 Å². The number of likely N-dealkylation sites (N-methyl/N-ethyl adjacent to an activating group) is 2. The highest BCUT2D eigenvalue weighted by molar-refractivity contribution is 6.04. The number of ether oxygens (including phenoxy) is 1. The lowest BCUT2D eigenvalue weighted by Gasteiger charge is -2.33. The molecule has 3 amide bonds. The molecule has 2 aromatic carbocycles. The van der Waals surface area contributed by atoms with E-state index < -0.39 is 23.7 Å². The van der Waals surface area contributed by atoms with Crippen LogP contribution in [-0.2, 0) is 28.7 Å². The van der Waals surface area contributed by atoms with Crippen molar-refractivity contribution in [3.05, 3.63) is 76.6 Å². The first kappa shape index (κ1) is 32.4. The van der Waals surface area contributed by atoms with E-state index in [1.165, 1.54) is 49.7 Å². The van der Waals surface area contributed by atoms with E-state index in [0.29, 0.717) is 18.7 Å². The second kappa shape index (κ2) is 13.8. The molecular weight excluding hydrogens is 579 g/mol. The van der Waals surface area contributed by atoms with Crippen molar-refractivity contribution in [1.82, 2.24) is 19.8 Å². The summed E-state index contributed by atoms with van der Waals surface area (Å²) in [6.07, 6.45) is -4.23. The second-order valence-corrected chi connectivity index (χ2v) is 10.6. The highest BCUT2D eigenvalue weighted by atomic mass is 19.4. The van der Waals surface area contributed by atoms with Gasteiger partial charge in [-0.1, -0.05) is 12.1 Å². The number of halogens is 3. The minimum absolute atomic E-state index is 0.0162. The zero-order valence-corrected chi connectivity index (χ0v) is 24.9. The number of alkyl halides is 3. The van der Waals surface area contributed by atoms with E-state index in [1.54, 1.807) is 19.1 Å². The van der Waals surface area contributed by atoms with Gasteiger partial charge in [0, 0.05) is 57.1 Å². The number of amides is 3. The number of rotatable bonds is 8. The fourth-order valence-electron chi connectivity index (χ4n) is 4.67. The lowest BCUT2D eigenvalue weighted by molar-refractivity contribution is -0.138. The third-order valence-electron chi connectivity index (χ3n) is 7.40. The number of aryl methyl sites for hydroxylation is 1. The van der Waals surface area contributed by atoms with Crippen LogP contribution in [0.1, 0.15) is 32.6 Å². The Bertz CT molecular complexity index is 1520. The highest BCUT2D eigenvalue weighted by Crippen LogP contribution is 2.35. The topological polar surface area (TPSA) is 120 Å². The van der Waals surface area contributed by atoms with Crippen molar-refractivity contribution in [1.29, 1.82) is 0 Å². The first-order valence-electron chi connectivity index (χ1n) is 13.8. The van der Waals surface area contributed by atoms with Crippen LogP contribution in [0, 0.1) is 6.92 Å². The average Bonchev–Trinajstić information content (AvgIpc) is 2.99. The molecular formula is C30H34F3N7O4. The van der Waals surface area contributed by atoms with Gasteiger partial charge >= 0.3 is 12.3 Å². The van der Waals surface area contributed by atoms with Gasteiger partial charge in [-0.3, -0.25) is 24.7 Å². The Morgan fingerprint density at radius 1 is 0.977 bits per heavy atom. The molecule has 1 saturated heterocycles. The van der Waals surface area contributed by atoms with Crippen LogP contribution in [0.5, 0.6) is 0 Å². The summed E-state index contributed by atoms with van der Waals surface area (Å²) >= 11 is 0. The fraction of sp³-hybridized carbons (Fsp3) is 0.367. The molecule has 0 bridgehead atoms. The predicted octanol–water partition coefficient (Wildman–Crippen LogP) is 4.19. The van der Waals surface area contributed by atoms with E-state index in [-0.39, 0.29) is 47.3 Å². The molecule has 44 heavy (non-hydrogen) atoms. The third kappa shape index (κ3) is 8.29. The largest absolute Gasteiger partial charge is 0.453 e. The number of piperazine rings is 1. The van der Waals surface area contributed by atoms with Crippen LogP contribution >= 0.6 is 0 Å². The molecule has 3 aromatic rings. The Kier molecular flexibility index (Phi) is 10.2. The van der Waals surface area contributed by atoms with Gasteiger partial charge in [-0.25, -0.2) is 14.8 Å². The van der Waals surface area contributed by atoms with E-state index in [2.05, 4.69) is 30.2 Å². The summed E-state index contributed by atoms with van der Waals surface area (Å²) in [5.41, 5.74) is 0.853. The van der Waals surface area contributed by atoms with Gasteiger partial charge in [0.1, 0.15) is 18.0 Å². The van der Waals surface area contributed by atoms with Crippen molar-refractivity contribution >= 4 is 35.2 Å². The van der Waals surface area contributed by atoms with Gasteiger partial charge in [-0.05, 0) is 54.9 Å². The van der Waals surface area contributed by atoms with Crippen molar-refractivity contribution in [2.45, 2.75) is 26.1 Å². The van der Waals surface area contributed by atoms with Crippen molar-refractivity contribution in [2.75, 3.05) is 62.9 Å². The zero-order chi connectivity index (χ0) is 32.0. The Balaban J connectivity index is 1.47. The lowest BCUT2D eigenvalue weighted by Crippen LogP contribution is -2.44. The monoisotopic (exact) mass is 613 g/mol. The van der Waals surface area contributed by atoms with E-state index in [1.807, 2.05) is 11.9 Å². The van der Waals surface area contributed by atoms with Crippen LogP contribution in [0.2, 0.25) is 0 Å². The second-order valence-electron chi connectivity index (χ2n) is 10.6. The maximum atomic E-state index is 14.0. The number of methoxy groups -OCH3 is 1. The number of hydrogen-bond donors (Lipinski definition) is 2. The van der Waals surface area contributed by atoms with Gasteiger partial charge in [-0.15, -0.1) is 0 Å². The summed E-state index contributed by atoms with van der Waals surface area (Å²) in [6.45, 7) is 4.86. The Labute approximate surface area is 253 Å². The molecule has 0 spiro atoms. The molecule has 1 aromatic heterocycles. The van der Waals surface area contributed by atoms with Crippen LogP contribution in [0.4, 0.5) is 35.3 Å². The molecule has 0 unspecified atom stereocenters. The molecule has 2 heterocycles. The molecule has 0 aliphatic carbocycles. The van der Waals surface area contributed by atoms with Crippen molar-refractivity contribution < 1.29 is 32.3 Å². The number of benzene rings is 2. The quantitative estimate of drug-likeness (QED) is 0.388. The predicted molar refractivity (Wildman–Crippen MR) is 159 cm³/mol. The molecule has 2 N–H and O–H groups in total. The standard InChI is InChI=1S/C30H34F3N7O4/c1-19-5-6-20(13-22(19)14-27(41)39(3)26-16-25(34-18-35-26)37-29(43)44-4)28(42)36-23-8-7-21(24(15-23)30(31,32)33)17-40-11-9-38(2)10-12-40/h5-8,13,15-16,18H,9-12,14,17H2,1-4H3,(H,36,42)(H,34,35,37,43). The van der Waals surface area contributed by atoms with Crippen molar-refractivity contribution in [3.8, 4) is 0 Å². The molecule has 14 heteroatoms. The SMILES string of the molecule is COC(=O)Nc1cc(N(C)C(=O)Cc2cc(C(=O)Nc3ccc(CN4CCN(C)CC4)c(C(F)(F)F)c3)ccc2C)ncn1. The Morgan fingerprint density at radius 3 is 2.39 bits per heavy atom. The molecule has 1 aliphatic heterocycles. The maximum Gasteiger partial charge on any atom is 0.416 e. The van der Waals surface area contributed by atoms with Gasteiger partial charge in [-0.2, -0.15) is 13.2 Å². The van der Waals surface area contributed by atoms with E-state index in [4.69, 9.17) is 0 Å². The summed E-state index contributed by atoms with van der Waals surface area (Å²) < 4.78 is 46.5. The molecule has 0 radical (unpaired) electrons. The van der Waals surface area contributed by atoms with Gasteiger partial charge in [0.05, 0.1) is 19.1 Å². The van der Waals surface area contributed by atoms with Crippen molar-refractivity contribution in [2.24, 2.45) is 0 Å². The van der Waals surface area contributed by atoms with Gasteiger partial charge in [0.2, 0.25) is 5.91 Å². The number of carbonyl (C=O) groups is 3. The van der Waals surface area contributed by atoms with Crippen LogP contribution in [0.15, 0.2) is 48.8 Å². The maximum absolute atomic E-state index is 14.0. The van der Waals surface area contributed by atoms with Crippen LogP contribution in [0.25, 0.3) is 0 Å². The lowest BCUT2D eigenvalue weighted by atomic mass is 10.0. The minimum Gasteiger partial charge on any atom is -0.453 e. The minimum atomic E-state index is -4.59. The summed E-state index contributed by atoms with van der Waals surface area (Å²) in [6, 6.07) is 9.99. The van der Waals surface area contributed by atoms with Crippen LogP contribution in [0.3, 0.4) is 0 Å². The number of nitrogens with one attached hydrogen (secondary N) is 2. The van der Waals surface area contributed by atoms with E-state index >= 15 is 0 Å². The van der Waals surface area contributed by atoms with Crippen LogP contribution < -0.4 is 15.5 Å². The first-order chi connectivity index (χ1) is 20.8. The number of anilines is 3. The Hall–Kier alpha value is -4.56. The summed E-state index contributed by atoms with van der Waals surface area (Å²) in [7, 11) is 4.69. The molecule has 0 atom stereocenters. The van der Waals surface area contributed by atoms with Crippen molar-refractivity contribution in [3.63, 3.8) is 0 Å². The summed E-state index contributed by atoms with van der Waals surface area (Å²) in [5.74, 6) is -0.614. The fourth-order valence-corrected chi connectivity index (χ4v) is 4.67. The molecule has 11 nitrogen and oxygen atoms in total. The summed E-state index contributed by atoms with van der Waals surface area (Å²) in [4.78, 5) is 51.0. The van der Waals surface area contributed by atoms with Gasteiger partial charge in [0.25, 0.3) is 5.91 Å². The number of aromatic nitrogens is 2. The first-order valence-corrected chi connectivity index (χ1v) is 13.8. The molecule has 4 rings (SSSR count). The highest BCUT2D eigenvalue weighted by Gasteiger charge is 2.34. The molecule has 234 valence electrons. The summed E-state index contributed by atoms with van der Waals surface area (Å²) in [5, 5.41) is 4.96. The molecule has 0 saturated carbocycles. The number of hydrogen-bond acceptors (Lipinski definition) is 8. The smallest absolute Gasteiger partial charge is 0.416 e. The molecule has 1 aliphatic rings. The number of nitrogens with zero attached hydrogens (tertiary/aromatic N) is 5. The normalized spacial score (nSPS) is 14.2. The Morgan fingerprint density at radius 2 is 1.70 bits per heavy atom. The van der Waals surface area contributed by atoms with Crippen LogP contribution in [-0.4, -0.2) is 85.1 Å². The number of carbonyl (C=O) groups excluding carboxylic acids is 3. The average molecular weight is 614 g/mol. The van der Waals surface area contributed by atoms with E-state index in [0.717, 1.165) is 24.7 Å². The zero-order valence-electron chi connectivity index (χ0n) is 24.9. The molecule has 1 fully saturated rings. The van der Waals surface area contributed by atoms with Gasteiger partial charge < -0.3 is 15.0 Å².